The van der Waals surface area contributed by atoms with Gasteiger partial charge in [0.2, 0.25) is 5.91 Å². The van der Waals surface area contributed by atoms with Crippen LogP contribution in [0.25, 0.3) is 0 Å². The number of carbonyl (C=O) groups excluding carboxylic acids is 1. The maximum atomic E-state index is 12.1. The first kappa shape index (κ1) is 12.8. The van der Waals surface area contributed by atoms with E-state index in [-0.39, 0.29) is 11.3 Å². The van der Waals surface area contributed by atoms with Crippen molar-refractivity contribution in [1.29, 1.82) is 0 Å². The number of benzene rings is 1. The van der Waals surface area contributed by atoms with Crippen molar-refractivity contribution in [2.24, 2.45) is 5.41 Å². The van der Waals surface area contributed by atoms with Crippen LogP contribution in [0, 0.1) is 12.3 Å². The second kappa shape index (κ2) is 5.15. The zero-order chi connectivity index (χ0) is 12.2. The molecule has 1 amide bonds. The highest BCUT2D eigenvalue weighted by Gasteiger charge is 2.26. The second-order valence-electron chi connectivity index (χ2n) is 4.96. The SMILES string of the molecule is [CH2]CN(Cc1ccccc1)C(=O)C(C)(C)C. The molecule has 0 aliphatic heterocycles. The molecule has 0 aliphatic rings. The molecule has 0 aliphatic carbocycles. The zero-order valence-corrected chi connectivity index (χ0v) is 10.4. The van der Waals surface area contributed by atoms with Crippen molar-refractivity contribution in [3.63, 3.8) is 0 Å². The monoisotopic (exact) mass is 218 g/mol. The van der Waals surface area contributed by atoms with Crippen molar-refractivity contribution in [3.05, 3.63) is 42.8 Å². The molecule has 0 saturated carbocycles. The highest BCUT2D eigenvalue weighted by Crippen LogP contribution is 2.18. The van der Waals surface area contributed by atoms with E-state index in [0.717, 1.165) is 5.56 Å². The third-order valence-corrected chi connectivity index (χ3v) is 2.41. The number of hydrogen-bond donors (Lipinski definition) is 0. The predicted molar refractivity (Wildman–Crippen MR) is 66.7 cm³/mol. The molecule has 1 radical (unpaired) electrons. The van der Waals surface area contributed by atoms with E-state index in [1.807, 2.05) is 51.1 Å². The van der Waals surface area contributed by atoms with Gasteiger partial charge in [0.1, 0.15) is 0 Å². The lowest BCUT2D eigenvalue weighted by Gasteiger charge is -2.28. The average molecular weight is 218 g/mol. The fourth-order valence-electron chi connectivity index (χ4n) is 1.53. The van der Waals surface area contributed by atoms with Gasteiger partial charge in [-0.3, -0.25) is 4.79 Å². The maximum absolute atomic E-state index is 12.1. The summed E-state index contributed by atoms with van der Waals surface area (Å²) in [7, 11) is 0. The lowest BCUT2D eigenvalue weighted by Crippen LogP contribution is -2.38. The Labute approximate surface area is 98.3 Å². The van der Waals surface area contributed by atoms with Gasteiger partial charge < -0.3 is 4.90 Å². The van der Waals surface area contributed by atoms with Crippen LogP contribution in [0.15, 0.2) is 30.3 Å². The smallest absolute Gasteiger partial charge is 0.228 e. The molecule has 0 N–H and O–H groups in total. The maximum Gasteiger partial charge on any atom is 0.228 e. The first-order valence-electron chi connectivity index (χ1n) is 5.57. The van der Waals surface area contributed by atoms with Crippen LogP contribution < -0.4 is 0 Å². The van der Waals surface area contributed by atoms with E-state index in [1.54, 1.807) is 4.90 Å². The quantitative estimate of drug-likeness (QED) is 0.764. The predicted octanol–water partition coefficient (Wildman–Crippen LogP) is 2.90. The molecule has 16 heavy (non-hydrogen) atoms. The summed E-state index contributed by atoms with van der Waals surface area (Å²) in [6, 6.07) is 10.00. The molecule has 2 nitrogen and oxygen atoms in total. The van der Waals surface area contributed by atoms with Crippen molar-refractivity contribution in [1.82, 2.24) is 4.90 Å². The van der Waals surface area contributed by atoms with E-state index in [4.69, 9.17) is 0 Å². The third-order valence-electron chi connectivity index (χ3n) is 2.41. The van der Waals surface area contributed by atoms with Crippen LogP contribution in [0.3, 0.4) is 0 Å². The lowest BCUT2D eigenvalue weighted by molar-refractivity contribution is -0.139. The van der Waals surface area contributed by atoms with Gasteiger partial charge in [0, 0.05) is 18.5 Å². The minimum absolute atomic E-state index is 0.145. The van der Waals surface area contributed by atoms with Crippen LogP contribution in [-0.4, -0.2) is 17.4 Å². The first-order chi connectivity index (χ1) is 7.45. The molecule has 1 aromatic carbocycles. The third kappa shape index (κ3) is 3.37. The molecule has 0 aromatic heterocycles. The largest absolute Gasteiger partial charge is 0.338 e. The van der Waals surface area contributed by atoms with E-state index in [0.29, 0.717) is 13.1 Å². The average Bonchev–Trinajstić information content (AvgIpc) is 2.25. The van der Waals surface area contributed by atoms with Gasteiger partial charge in [-0.25, -0.2) is 0 Å². The summed E-state index contributed by atoms with van der Waals surface area (Å²) in [5, 5.41) is 0. The van der Waals surface area contributed by atoms with Crippen molar-refractivity contribution in [3.8, 4) is 0 Å². The van der Waals surface area contributed by atoms with Gasteiger partial charge in [0.25, 0.3) is 0 Å². The minimum Gasteiger partial charge on any atom is -0.338 e. The Bertz CT molecular complexity index is 338. The van der Waals surface area contributed by atoms with E-state index >= 15 is 0 Å². The topological polar surface area (TPSA) is 20.3 Å². The van der Waals surface area contributed by atoms with E-state index in [2.05, 4.69) is 6.92 Å². The van der Waals surface area contributed by atoms with Gasteiger partial charge in [-0.1, -0.05) is 51.1 Å². The molecule has 0 unspecified atom stereocenters. The minimum atomic E-state index is -0.341. The van der Waals surface area contributed by atoms with Crippen LogP contribution in [0.2, 0.25) is 0 Å². The Balaban J connectivity index is 2.74. The molecule has 0 atom stereocenters. The summed E-state index contributed by atoms with van der Waals surface area (Å²) in [4.78, 5) is 13.9. The molecule has 0 bridgehead atoms. The molecular weight excluding hydrogens is 198 g/mol. The number of amides is 1. The molecule has 87 valence electrons. The number of hydrogen-bond acceptors (Lipinski definition) is 1. The molecule has 0 heterocycles. The van der Waals surface area contributed by atoms with Gasteiger partial charge in [0.05, 0.1) is 0 Å². The Morgan fingerprint density at radius 1 is 1.25 bits per heavy atom. The number of carbonyl (C=O) groups is 1. The van der Waals surface area contributed by atoms with Gasteiger partial charge in [-0.05, 0) is 12.5 Å². The molecular formula is C14H20NO. The number of nitrogens with zero attached hydrogens (tertiary/aromatic N) is 1. The molecule has 0 fully saturated rings. The van der Waals surface area contributed by atoms with Crippen molar-refractivity contribution in [2.45, 2.75) is 27.3 Å². The molecule has 0 saturated heterocycles. The van der Waals surface area contributed by atoms with Gasteiger partial charge in [-0.15, -0.1) is 0 Å². The molecule has 1 rings (SSSR count). The standard InChI is InChI=1S/C14H20NO/c1-5-15(13(16)14(2,3)4)11-12-9-7-6-8-10-12/h6-10H,1,5,11H2,2-4H3. The zero-order valence-electron chi connectivity index (χ0n) is 10.4. The highest BCUT2D eigenvalue weighted by molar-refractivity contribution is 5.81. The van der Waals surface area contributed by atoms with Crippen LogP contribution >= 0.6 is 0 Å². The Kier molecular flexibility index (Phi) is 4.11. The number of rotatable bonds is 3. The van der Waals surface area contributed by atoms with Crippen LogP contribution in [0.5, 0.6) is 0 Å². The summed E-state index contributed by atoms with van der Waals surface area (Å²) in [6.07, 6.45) is 0. The van der Waals surface area contributed by atoms with Crippen molar-refractivity contribution in [2.75, 3.05) is 6.54 Å². The van der Waals surface area contributed by atoms with E-state index < -0.39 is 0 Å². The Morgan fingerprint density at radius 3 is 2.25 bits per heavy atom. The van der Waals surface area contributed by atoms with Crippen LogP contribution in [0.4, 0.5) is 0 Å². The van der Waals surface area contributed by atoms with Gasteiger partial charge >= 0.3 is 0 Å². The van der Waals surface area contributed by atoms with Crippen molar-refractivity contribution < 1.29 is 4.79 Å². The summed E-state index contributed by atoms with van der Waals surface area (Å²) >= 11 is 0. The fraction of sp³-hybridized carbons (Fsp3) is 0.429. The lowest BCUT2D eigenvalue weighted by atomic mass is 9.94. The van der Waals surface area contributed by atoms with Crippen molar-refractivity contribution >= 4 is 5.91 Å². The Morgan fingerprint density at radius 2 is 1.81 bits per heavy atom. The normalized spacial score (nSPS) is 11.2. The van der Waals surface area contributed by atoms with Gasteiger partial charge in [-0.2, -0.15) is 0 Å². The molecule has 2 heteroatoms. The highest BCUT2D eigenvalue weighted by atomic mass is 16.2. The van der Waals surface area contributed by atoms with E-state index in [9.17, 15) is 4.79 Å². The summed E-state index contributed by atoms with van der Waals surface area (Å²) < 4.78 is 0. The second-order valence-corrected chi connectivity index (χ2v) is 4.96. The molecule has 0 spiro atoms. The van der Waals surface area contributed by atoms with Crippen LogP contribution in [-0.2, 0) is 11.3 Å². The summed E-state index contributed by atoms with van der Waals surface area (Å²) in [6.45, 7) is 10.8. The first-order valence-corrected chi connectivity index (χ1v) is 5.57. The summed E-state index contributed by atoms with van der Waals surface area (Å²) in [5.41, 5.74) is 0.802. The Hall–Kier alpha value is -1.31. The van der Waals surface area contributed by atoms with Crippen LogP contribution in [0.1, 0.15) is 26.3 Å². The van der Waals surface area contributed by atoms with Gasteiger partial charge in [0.15, 0.2) is 0 Å². The van der Waals surface area contributed by atoms with E-state index in [1.165, 1.54) is 0 Å². The fourth-order valence-corrected chi connectivity index (χ4v) is 1.53. The summed E-state index contributed by atoms with van der Waals surface area (Å²) in [5.74, 6) is 0.145. The molecule has 1 aromatic rings.